The Balaban J connectivity index is 1.68. The van der Waals surface area contributed by atoms with Crippen molar-refractivity contribution >= 4 is 23.2 Å². The molecule has 0 saturated carbocycles. The minimum atomic E-state index is -0.894. The molecule has 2 heterocycles. The van der Waals surface area contributed by atoms with Crippen molar-refractivity contribution in [1.82, 2.24) is 0 Å². The Morgan fingerprint density at radius 2 is 1.71 bits per heavy atom. The molecule has 2 aromatic rings. The van der Waals surface area contributed by atoms with Crippen LogP contribution in [0.3, 0.4) is 0 Å². The van der Waals surface area contributed by atoms with E-state index in [9.17, 15) is 9.59 Å². The average Bonchev–Trinajstić information content (AvgIpc) is 3.17. The highest BCUT2D eigenvalue weighted by Gasteiger charge is 2.56. The minimum absolute atomic E-state index is 0.316. The number of hydrogen-bond acceptors (Lipinski definition) is 5. The molecule has 0 aromatic heterocycles. The van der Waals surface area contributed by atoms with Gasteiger partial charge in [0.2, 0.25) is 12.0 Å². The van der Waals surface area contributed by atoms with Gasteiger partial charge in [-0.05, 0) is 36.4 Å². The predicted octanol–water partition coefficient (Wildman–Crippen LogP) is 1.99. The van der Waals surface area contributed by atoms with Crippen LogP contribution in [0, 0.1) is 5.92 Å². The molecule has 2 aromatic carbocycles. The third-order valence-corrected chi connectivity index (χ3v) is 4.21. The summed E-state index contributed by atoms with van der Waals surface area (Å²) in [7, 11) is 1.58. The Hall–Kier alpha value is -3.15. The van der Waals surface area contributed by atoms with E-state index in [0.717, 1.165) is 5.56 Å². The number of benzene rings is 2. The number of imide groups is 1. The van der Waals surface area contributed by atoms with Crippen LogP contribution in [-0.2, 0) is 14.4 Å². The molecule has 6 nitrogen and oxygen atoms in total. The van der Waals surface area contributed by atoms with Gasteiger partial charge < -0.3 is 9.57 Å². The van der Waals surface area contributed by atoms with Crippen molar-refractivity contribution in [3.05, 3.63) is 60.2 Å². The normalized spacial score (nSPS) is 22.2. The first kappa shape index (κ1) is 14.4. The fraction of sp³-hybridized carbons (Fsp3) is 0.167. The third kappa shape index (κ3) is 2.07. The number of oxime groups is 1. The van der Waals surface area contributed by atoms with Gasteiger partial charge in [0.05, 0.1) is 12.8 Å². The molecule has 0 spiro atoms. The number of carbonyl (C=O) groups is 2. The molecule has 2 aliphatic heterocycles. The van der Waals surface area contributed by atoms with E-state index in [1.807, 2.05) is 6.07 Å². The summed E-state index contributed by atoms with van der Waals surface area (Å²) in [5.41, 5.74) is 1.75. The highest BCUT2D eigenvalue weighted by molar-refractivity contribution is 6.32. The first-order valence-electron chi connectivity index (χ1n) is 7.51. The molecule has 2 amide bonds. The summed E-state index contributed by atoms with van der Waals surface area (Å²) in [5.74, 6) is -0.715. The van der Waals surface area contributed by atoms with Gasteiger partial charge >= 0.3 is 0 Å². The van der Waals surface area contributed by atoms with Crippen LogP contribution in [0.2, 0.25) is 0 Å². The Bertz CT molecular complexity index is 830. The highest BCUT2D eigenvalue weighted by atomic mass is 16.6. The lowest BCUT2D eigenvalue weighted by Gasteiger charge is -2.15. The summed E-state index contributed by atoms with van der Waals surface area (Å²) in [6.45, 7) is 0. The Labute approximate surface area is 138 Å². The molecule has 4 rings (SSSR count). The Morgan fingerprint density at radius 3 is 2.38 bits per heavy atom. The van der Waals surface area contributed by atoms with Gasteiger partial charge in [-0.1, -0.05) is 23.4 Å². The smallest absolute Gasteiger partial charge is 0.278 e. The van der Waals surface area contributed by atoms with Gasteiger partial charge in [0.25, 0.3) is 5.91 Å². The number of anilines is 1. The zero-order valence-electron chi connectivity index (χ0n) is 12.9. The van der Waals surface area contributed by atoms with Gasteiger partial charge in [0.1, 0.15) is 17.4 Å². The average molecular weight is 322 g/mol. The number of rotatable bonds is 3. The first-order valence-corrected chi connectivity index (χ1v) is 7.51. The number of hydrogen-bond donors (Lipinski definition) is 0. The van der Waals surface area contributed by atoms with E-state index < -0.39 is 12.0 Å². The number of nitrogens with zero attached hydrogens (tertiary/aromatic N) is 2. The van der Waals surface area contributed by atoms with E-state index in [1.54, 1.807) is 55.6 Å². The van der Waals surface area contributed by atoms with Crippen LogP contribution in [0.25, 0.3) is 0 Å². The summed E-state index contributed by atoms with van der Waals surface area (Å²) in [6.07, 6.45) is -0.894. The number of ether oxygens (including phenoxy) is 1. The molecule has 2 atom stereocenters. The molecule has 0 bridgehead atoms. The topological polar surface area (TPSA) is 68.2 Å². The van der Waals surface area contributed by atoms with E-state index in [4.69, 9.17) is 9.57 Å². The number of carbonyl (C=O) groups excluding carboxylic acids is 2. The van der Waals surface area contributed by atoms with Crippen molar-refractivity contribution in [2.24, 2.45) is 11.1 Å². The van der Waals surface area contributed by atoms with Gasteiger partial charge in [-0.25, -0.2) is 4.90 Å². The molecular weight excluding hydrogens is 308 g/mol. The lowest BCUT2D eigenvalue weighted by molar-refractivity contribution is -0.126. The quantitative estimate of drug-likeness (QED) is 0.811. The second-order valence-corrected chi connectivity index (χ2v) is 5.56. The third-order valence-electron chi connectivity index (χ3n) is 4.21. The number of para-hydroxylation sites is 1. The lowest BCUT2D eigenvalue weighted by Crippen LogP contribution is -2.33. The van der Waals surface area contributed by atoms with Crippen LogP contribution < -0.4 is 9.64 Å². The van der Waals surface area contributed by atoms with E-state index in [-0.39, 0.29) is 11.8 Å². The van der Waals surface area contributed by atoms with Crippen molar-refractivity contribution < 1.29 is 19.2 Å². The number of amides is 2. The van der Waals surface area contributed by atoms with Crippen LogP contribution >= 0.6 is 0 Å². The lowest BCUT2D eigenvalue weighted by atomic mass is 9.94. The second-order valence-electron chi connectivity index (χ2n) is 5.56. The van der Waals surface area contributed by atoms with Crippen molar-refractivity contribution in [2.75, 3.05) is 12.0 Å². The Kier molecular flexibility index (Phi) is 3.30. The predicted molar refractivity (Wildman–Crippen MR) is 86.8 cm³/mol. The van der Waals surface area contributed by atoms with Gasteiger partial charge in [0.15, 0.2) is 0 Å². The number of fused-ring (bicyclic) bond motifs is 1. The molecule has 0 aliphatic carbocycles. The Morgan fingerprint density at radius 1 is 1.00 bits per heavy atom. The standard InChI is InChI=1S/C18H14N2O4/c1-23-13-9-7-11(8-10-13)15-14-16(24-19-15)18(22)20(17(14)21)12-5-3-2-4-6-12/h2-10,14,16H,1H3/t14-,16+/m1/s1. The van der Waals surface area contributed by atoms with Crippen LogP contribution in [0.15, 0.2) is 59.8 Å². The van der Waals surface area contributed by atoms with Crippen molar-refractivity contribution in [3.63, 3.8) is 0 Å². The molecule has 24 heavy (non-hydrogen) atoms. The summed E-state index contributed by atoms with van der Waals surface area (Å²) in [6, 6.07) is 16.0. The first-order chi connectivity index (χ1) is 11.7. The molecule has 2 aliphatic rings. The minimum Gasteiger partial charge on any atom is -0.497 e. The van der Waals surface area contributed by atoms with E-state index in [0.29, 0.717) is 17.1 Å². The zero-order chi connectivity index (χ0) is 16.7. The van der Waals surface area contributed by atoms with Gasteiger partial charge in [0, 0.05) is 5.56 Å². The number of methoxy groups -OCH3 is 1. The van der Waals surface area contributed by atoms with Crippen LogP contribution in [-0.4, -0.2) is 30.7 Å². The van der Waals surface area contributed by atoms with Gasteiger partial charge in [-0.15, -0.1) is 0 Å². The fourth-order valence-corrected chi connectivity index (χ4v) is 3.01. The molecule has 6 heteroatoms. The summed E-state index contributed by atoms with van der Waals surface area (Å²) in [4.78, 5) is 31.8. The molecule has 1 saturated heterocycles. The summed E-state index contributed by atoms with van der Waals surface area (Å²) in [5, 5.41) is 3.98. The second kappa shape index (κ2) is 5.49. The maximum absolute atomic E-state index is 12.8. The molecule has 0 radical (unpaired) electrons. The van der Waals surface area contributed by atoms with Gasteiger partial charge in [-0.3, -0.25) is 9.59 Å². The fourth-order valence-electron chi connectivity index (χ4n) is 3.01. The molecule has 0 unspecified atom stereocenters. The monoisotopic (exact) mass is 322 g/mol. The van der Waals surface area contributed by atoms with Crippen LogP contribution in [0.1, 0.15) is 5.56 Å². The summed E-state index contributed by atoms with van der Waals surface area (Å²) < 4.78 is 5.13. The van der Waals surface area contributed by atoms with Crippen molar-refractivity contribution in [2.45, 2.75) is 6.10 Å². The van der Waals surface area contributed by atoms with Crippen LogP contribution in [0.5, 0.6) is 5.75 Å². The van der Waals surface area contributed by atoms with E-state index >= 15 is 0 Å². The van der Waals surface area contributed by atoms with Gasteiger partial charge in [-0.2, -0.15) is 0 Å². The zero-order valence-corrected chi connectivity index (χ0v) is 12.9. The summed E-state index contributed by atoms with van der Waals surface area (Å²) >= 11 is 0. The van der Waals surface area contributed by atoms with E-state index in [2.05, 4.69) is 5.16 Å². The molecule has 0 N–H and O–H groups in total. The molecule has 1 fully saturated rings. The maximum Gasteiger partial charge on any atom is 0.278 e. The van der Waals surface area contributed by atoms with Crippen LogP contribution in [0.4, 0.5) is 5.69 Å². The SMILES string of the molecule is COc1ccc(C2=NO[C@@H]3C(=O)N(c4ccccc4)C(=O)[C@H]23)cc1. The van der Waals surface area contributed by atoms with Crippen molar-refractivity contribution in [1.29, 1.82) is 0 Å². The molecule has 120 valence electrons. The molecular formula is C18H14N2O4. The largest absolute Gasteiger partial charge is 0.497 e. The van der Waals surface area contributed by atoms with E-state index in [1.165, 1.54) is 4.90 Å². The highest BCUT2D eigenvalue weighted by Crippen LogP contribution is 2.35. The maximum atomic E-state index is 12.8. The van der Waals surface area contributed by atoms with Crippen molar-refractivity contribution in [3.8, 4) is 5.75 Å².